The van der Waals surface area contributed by atoms with Crippen molar-refractivity contribution in [2.75, 3.05) is 27.5 Å². The lowest BCUT2D eigenvalue weighted by atomic mass is 10.8. The Morgan fingerprint density at radius 1 is 1.27 bits per heavy atom. The van der Waals surface area contributed by atoms with E-state index in [1.165, 1.54) is 0 Å². The van der Waals surface area contributed by atoms with Crippen molar-refractivity contribution in [1.29, 1.82) is 0 Å². The molecular formula is C6H17NO3Si. The molecule has 4 nitrogen and oxygen atoms in total. The molecule has 0 aliphatic rings. The highest BCUT2D eigenvalue weighted by atomic mass is 28.4. The molecule has 0 atom stereocenters. The number of rotatable bonds is 6. The summed E-state index contributed by atoms with van der Waals surface area (Å²) in [5, 5.41) is 3.03. The molecule has 0 aromatic carbocycles. The molecule has 0 radical (unpaired) electrons. The van der Waals surface area contributed by atoms with E-state index in [-0.39, 0.29) is 0 Å². The van der Waals surface area contributed by atoms with E-state index in [9.17, 15) is 0 Å². The molecule has 11 heavy (non-hydrogen) atoms. The SMILES string of the molecule is CCNCO[Si](C)(OC)OC. The molecule has 0 aliphatic heterocycles. The fraction of sp³-hybridized carbons (Fsp3) is 1.00. The largest absolute Gasteiger partial charge is 0.498 e. The van der Waals surface area contributed by atoms with E-state index in [4.69, 9.17) is 13.3 Å². The third-order valence-electron chi connectivity index (χ3n) is 1.43. The third kappa shape index (κ3) is 4.49. The average molecular weight is 179 g/mol. The van der Waals surface area contributed by atoms with Gasteiger partial charge in [-0.3, -0.25) is 5.32 Å². The van der Waals surface area contributed by atoms with Crippen molar-refractivity contribution in [2.45, 2.75) is 13.5 Å². The van der Waals surface area contributed by atoms with Crippen LogP contribution in [0.4, 0.5) is 0 Å². The van der Waals surface area contributed by atoms with Gasteiger partial charge in [0.05, 0.1) is 6.73 Å². The van der Waals surface area contributed by atoms with Crippen LogP contribution in [0.5, 0.6) is 0 Å². The lowest BCUT2D eigenvalue weighted by Gasteiger charge is -2.21. The fourth-order valence-electron chi connectivity index (χ4n) is 0.485. The number of hydrogen-bond acceptors (Lipinski definition) is 4. The van der Waals surface area contributed by atoms with Gasteiger partial charge in [0, 0.05) is 20.8 Å². The summed E-state index contributed by atoms with van der Waals surface area (Å²) in [5.41, 5.74) is 0. The second-order valence-electron chi connectivity index (χ2n) is 2.16. The Bertz CT molecular complexity index is 97.8. The molecule has 0 amide bonds. The summed E-state index contributed by atoms with van der Waals surface area (Å²) in [7, 11) is 0.901. The molecule has 0 fully saturated rings. The second kappa shape index (κ2) is 5.67. The predicted octanol–water partition coefficient (Wildman–Crippen LogP) is 0.431. The van der Waals surface area contributed by atoms with Gasteiger partial charge < -0.3 is 13.3 Å². The lowest BCUT2D eigenvalue weighted by molar-refractivity contribution is 0.0979. The van der Waals surface area contributed by atoms with E-state index in [0.717, 1.165) is 6.54 Å². The van der Waals surface area contributed by atoms with Crippen LogP contribution in [0, 0.1) is 0 Å². The van der Waals surface area contributed by atoms with Gasteiger partial charge in [-0.15, -0.1) is 0 Å². The summed E-state index contributed by atoms with van der Waals surface area (Å²) in [4.78, 5) is 0. The Labute approximate surface area is 69.2 Å². The van der Waals surface area contributed by atoms with Crippen LogP contribution in [0.2, 0.25) is 6.55 Å². The van der Waals surface area contributed by atoms with Crippen LogP contribution in [0.1, 0.15) is 6.92 Å². The molecule has 5 heteroatoms. The summed E-state index contributed by atoms with van der Waals surface area (Å²) in [6.07, 6.45) is 0. The van der Waals surface area contributed by atoms with Gasteiger partial charge in [0.2, 0.25) is 0 Å². The zero-order valence-electron chi connectivity index (χ0n) is 7.64. The number of nitrogens with one attached hydrogen (secondary N) is 1. The summed E-state index contributed by atoms with van der Waals surface area (Å²) in [6.45, 7) is 5.24. The van der Waals surface area contributed by atoms with Crippen molar-refractivity contribution < 1.29 is 13.3 Å². The molecule has 0 spiro atoms. The molecule has 0 aliphatic carbocycles. The smallest absolute Gasteiger partial charge is 0.377 e. The zero-order valence-corrected chi connectivity index (χ0v) is 8.64. The van der Waals surface area contributed by atoms with Crippen LogP contribution in [0.15, 0.2) is 0 Å². The van der Waals surface area contributed by atoms with E-state index in [0.29, 0.717) is 6.73 Å². The molecule has 0 saturated carbocycles. The van der Waals surface area contributed by atoms with Crippen LogP contribution in [0.3, 0.4) is 0 Å². The van der Waals surface area contributed by atoms with Crippen LogP contribution < -0.4 is 5.32 Å². The maximum atomic E-state index is 5.35. The number of hydrogen-bond donors (Lipinski definition) is 1. The van der Waals surface area contributed by atoms with Crippen molar-refractivity contribution in [2.24, 2.45) is 0 Å². The normalized spacial score (nSPS) is 12.0. The minimum atomic E-state index is -2.30. The highest BCUT2D eigenvalue weighted by molar-refractivity contribution is 6.59. The van der Waals surface area contributed by atoms with Gasteiger partial charge in [-0.05, 0) is 6.54 Å². The first-order chi connectivity index (χ1) is 5.18. The fourth-order valence-corrected chi connectivity index (χ4v) is 1.25. The maximum Gasteiger partial charge on any atom is 0.498 e. The van der Waals surface area contributed by atoms with E-state index < -0.39 is 8.80 Å². The Morgan fingerprint density at radius 3 is 2.18 bits per heavy atom. The molecule has 0 rings (SSSR count). The van der Waals surface area contributed by atoms with Crippen molar-refractivity contribution in [3.05, 3.63) is 0 Å². The van der Waals surface area contributed by atoms with E-state index >= 15 is 0 Å². The molecule has 0 aromatic rings. The van der Waals surface area contributed by atoms with Gasteiger partial charge in [-0.2, -0.15) is 0 Å². The van der Waals surface area contributed by atoms with Gasteiger partial charge in [0.25, 0.3) is 0 Å². The van der Waals surface area contributed by atoms with Gasteiger partial charge in [0.1, 0.15) is 0 Å². The summed E-state index contributed by atoms with van der Waals surface area (Å²) in [6, 6.07) is 0. The van der Waals surface area contributed by atoms with Crippen LogP contribution >= 0.6 is 0 Å². The third-order valence-corrected chi connectivity index (χ3v) is 3.58. The molecule has 0 bridgehead atoms. The van der Waals surface area contributed by atoms with Gasteiger partial charge in [-0.25, -0.2) is 0 Å². The van der Waals surface area contributed by atoms with Crippen molar-refractivity contribution in [3.63, 3.8) is 0 Å². The molecule has 0 heterocycles. The van der Waals surface area contributed by atoms with Crippen molar-refractivity contribution >= 4 is 8.80 Å². The van der Waals surface area contributed by atoms with Crippen LogP contribution in [0.25, 0.3) is 0 Å². The van der Waals surface area contributed by atoms with Gasteiger partial charge >= 0.3 is 8.80 Å². The summed E-state index contributed by atoms with van der Waals surface area (Å²) in [5.74, 6) is 0. The highest BCUT2D eigenvalue weighted by Crippen LogP contribution is 2.04. The topological polar surface area (TPSA) is 39.7 Å². The summed E-state index contributed by atoms with van der Waals surface area (Å²) < 4.78 is 15.5. The van der Waals surface area contributed by atoms with E-state index in [1.54, 1.807) is 14.2 Å². The van der Waals surface area contributed by atoms with E-state index in [2.05, 4.69) is 5.32 Å². The predicted molar refractivity (Wildman–Crippen MR) is 45.3 cm³/mol. The van der Waals surface area contributed by atoms with Crippen molar-refractivity contribution in [3.8, 4) is 0 Å². The Morgan fingerprint density at radius 2 is 1.82 bits per heavy atom. The lowest BCUT2D eigenvalue weighted by Crippen LogP contribution is -2.42. The molecule has 0 saturated heterocycles. The minimum absolute atomic E-state index is 0.487. The molecule has 68 valence electrons. The molecular weight excluding hydrogens is 162 g/mol. The Kier molecular flexibility index (Phi) is 5.70. The standard InChI is InChI=1S/C6H17NO3Si/c1-5-7-6-10-11(4,8-2)9-3/h7H,5-6H2,1-4H3. The van der Waals surface area contributed by atoms with E-state index in [1.807, 2.05) is 13.5 Å². The monoisotopic (exact) mass is 179 g/mol. The first-order valence-electron chi connectivity index (χ1n) is 3.63. The molecule has 0 aromatic heterocycles. The van der Waals surface area contributed by atoms with Gasteiger partial charge in [-0.1, -0.05) is 6.92 Å². The van der Waals surface area contributed by atoms with Gasteiger partial charge in [0.15, 0.2) is 0 Å². The molecule has 0 unspecified atom stereocenters. The van der Waals surface area contributed by atoms with Crippen LogP contribution in [-0.2, 0) is 13.3 Å². The molecule has 1 N–H and O–H groups in total. The zero-order chi connectivity index (χ0) is 8.74. The average Bonchev–Trinajstić information content (AvgIpc) is 2.05. The Hall–Kier alpha value is 0.0569. The minimum Gasteiger partial charge on any atom is -0.377 e. The first-order valence-corrected chi connectivity index (χ1v) is 5.86. The summed E-state index contributed by atoms with van der Waals surface area (Å²) >= 11 is 0. The van der Waals surface area contributed by atoms with Crippen LogP contribution in [-0.4, -0.2) is 36.3 Å². The maximum absolute atomic E-state index is 5.35. The first kappa shape index (κ1) is 11.1. The van der Waals surface area contributed by atoms with Crippen molar-refractivity contribution in [1.82, 2.24) is 5.32 Å². The highest BCUT2D eigenvalue weighted by Gasteiger charge is 2.31. The quantitative estimate of drug-likeness (QED) is 0.365. The Balaban J connectivity index is 3.51. The second-order valence-corrected chi connectivity index (χ2v) is 4.99.